The van der Waals surface area contributed by atoms with E-state index in [9.17, 15) is 26.4 Å². The van der Waals surface area contributed by atoms with Crippen molar-refractivity contribution < 1.29 is 26.4 Å². The highest BCUT2D eigenvalue weighted by molar-refractivity contribution is 9.10. The van der Waals surface area contributed by atoms with Crippen LogP contribution in [0.4, 0.5) is 0 Å². The average molecular weight is 577 g/mol. The van der Waals surface area contributed by atoms with Crippen LogP contribution in [0.3, 0.4) is 0 Å². The molecule has 0 radical (unpaired) electrons. The van der Waals surface area contributed by atoms with Crippen LogP contribution in [0.2, 0.25) is 0 Å². The minimum atomic E-state index is -4.63. The number of hydrogen-bond acceptors (Lipinski definition) is 6. The van der Waals surface area contributed by atoms with Gasteiger partial charge < -0.3 is 0 Å². The van der Waals surface area contributed by atoms with E-state index in [1.807, 2.05) is 0 Å². The first-order chi connectivity index (χ1) is 16.4. The molecule has 3 aromatic carbocycles. The Morgan fingerprint density at radius 3 is 1.80 bits per heavy atom. The number of benzene rings is 3. The lowest BCUT2D eigenvalue weighted by atomic mass is 9.76. The van der Waals surface area contributed by atoms with Crippen molar-refractivity contribution in [3.05, 3.63) is 94.5 Å². The summed E-state index contributed by atoms with van der Waals surface area (Å²) in [6, 6.07) is 19.0. The summed E-state index contributed by atoms with van der Waals surface area (Å²) in [7, 11) is -7.98. The Kier molecular flexibility index (Phi) is 6.47. The Bertz CT molecular complexity index is 1460. The number of nitrogens with zero attached hydrogens (tertiary/aromatic N) is 2. The normalized spacial score (nSPS) is 18.6. The number of sulfonamides is 2. The third kappa shape index (κ3) is 4.22. The van der Waals surface area contributed by atoms with E-state index in [2.05, 4.69) is 15.9 Å². The van der Waals surface area contributed by atoms with Gasteiger partial charge >= 0.3 is 0 Å². The number of amides is 2. The molecular weight excluding hydrogens is 556 g/mol. The highest BCUT2D eigenvalue weighted by atomic mass is 79.9. The standard InChI is InChI=1S/C24H21BrN2O6S2/c1-24(21-15-17(25)13-14-20(21)22(28)26(2)23(24)29)16-27(34(30,31)18-9-5-3-6-10-18)35(32,33)19-11-7-4-8-12-19/h3-15H,16H2,1-2H3. The van der Waals surface area contributed by atoms with Crippen LogP contribution in [-0.4, -0.2) is 50.9 Å². The van der Waals surface area contributed by atoms with Gasteiger partial charge in [0.15, 0.2) is 0 Å². The average Bonchev–Trinajstić information content (AvgIpc) is 2.86. The number of halogens is 1. The zero-order chi connectivity index (χ0) is 25.6. The zero-order valence-corrected chi connectivity index (χ0v) is 22.0. The van der Waals surface area contributed by atoms with Gasteiger partial charge in [-0.1, -0.05) is 56.0 Å². The summed E-state index contributed by atoms with van der Waals surface area (Å²) in [4.78, 5) is 26.7. The lowest BCUT2D eigenvalue weighted by Crippen LogP contribution is -2.57. The first-order valence-electron chi connectivity index (χ1n) is 10.4. The van der Waals surface area contributed by atoms with Crippen LogP contribution in [-0.2, 0) is 30.3 Å². The molecule has 0 saturated heterocycles. The summed E-state index contributed by atoms with van der Waals surface area (Å²) in [6.45, 7) is 0.693. The Balaban J connectivity index is 1.97. The molecular formula is C24H21BrN2O6S2. The van der Waals surface area contributed by atoms with Crippen molar-refractivity contribution >= 4 is 47.8 Å². The lowest BCUT2D eigenvalue weighted by molar-refractivity contribution is -0.133. The van der Waals surface area contributed by atoms with Crippen molar-refractivity contribution in [2.75, 3.05) is 13.6 Å². The summed E-state index contributed by atoms with van der Waals surface area (Å²) in [5.74, 6) is -1.28. The summed E-state index contributed by atoms with van der Waals surface area (Å²) >= 11 is 3.33. The Morgan fingerprint density at radius 1 is 0.829 bits per heavy atom. The predicted octanol–water partition coefficient (Wildman–Crippen LogP) is 3.40. The summed E-state index contributed by atoms with van der Waals surface area (Å²) in [5, 5.41) is 0. The third-order valence-electron chi connectivity index (χ3n) is 5.95. The molecule has 0 saturated carbocycles. The molecule has 1 unspecified atom stereocenters. The summed E-state index contributed by atoms with van der Waals surface area (Å²) in [5.41, 5.74) is -1.27. The molecule has 4 rings (SSSR count). The molecule has 1 aliphatic rings. The molecule has 3 aromatic rings. The van der Waals surface area contributed by atoms with Crippen LogP contribution < -0.4 is 0 Å². The molecule has 0 spiro atoms. The molecule has 0 fully saturated rings. The second kappa shape index (κ2) is 8.98. The van der Waals surface area contributed by atoms with Gasteiger partial charge in [-0.05, 0) is 55.0 Å². The van der Waals surface area contributed by atoms with Crippen LogP contribution in [0.25, 0.3) is 0 Å². The summed E-state index contributed by atoms with van der Waals surface area (Å²) < 4.78 is 55.9. The second-order valence-electron chi connectivity index (χ2n) is 8.26. The third-order valence-corrected chi connectivity index (χ3v) is 10.7. The second-order valence-corrected chi connectivity index (χ2v) is 13.1. The van der Waals surface area contributed by atoms with Crippen LogP contribution in [0.5, 0.6) is 0 Å². The number of fused-ring (bicyclic) bond motifs is 1. The van der Waals surface area contributed by atoms with Crippen molar-refractivity contribution in [1.82, 2.24) is 8.61 Å². The molecule has 1 heterocycles. The molecule has 1 atom stereocenters. The van der Waals surface area contributed by atoms with Crippen molar-refractivity contribution in [3.8, 4) is 0 Å². The number of likely N-dealkylation sites (N-methyl/N-ethyl adjacent to an activating group) is 1. The van der Waals surface area contributed by atoms with Crippen molar-refractivity contribution in [2.45, 2.75) is 22.1 Å². The molecule has 8 nitrogen and oxygen atoms in total. The summed E-state index contributed by atoms with van der Waals surface area (Å²) in [6.07, 6.45) is 0. The molecule has 182 valence electrons. The SMILES string of the molecule is CN1C(=O)c2ccc(Br)cc2C(C)(CN(S(=O)(=O)c2ccccc2)S(=O)(=O)c2ccccc2)C1=O. The largest absolute Gasteiger partial charge is 0.281 e. The monoisotopic (exact) mass is 576 g/mol. The van der Waals surface area contributed by atoms with Gasteiger partial charge in [-0.3, -0.25) is 14.5 Å². The van der Waals surface area contributed by atoms with Gasteiger partial charge in [0, 0.05) is 23.6 Å². The smallest absolute Gasteiger partial charge is 0.260 e. The van der Waals surface area contributed by atoms with E-state index in [1.54, 1.807) is 24.3 Å². The highest BCUT2D eigenvalue weighted by Crippen LogP contribution is 2.39. The molecule has 0 bridgehead atoms. The van der Waals surface area contributed by atoms with Crippen LogP contribution in [0.1, 0.15) is 22.8 Å². The maximum Gasteiger partial charge on any atom is 0.260 e. The van der Waals surface area contributed by atoms with Gasteiger partial charge in [-0.25, -0.2) is 16.8 Å². The molecule has 0 N–H and O–H groups in total. The Labute approximate surface area is 212 Å². The fraction of sp³-hybridized carbons (Fsp3) is 0.167. The first-order valence-corrected chi connectivity index (χ1v) is 14.1. The molecule has 35 heavy (non-hydrogen) atoms. The molecule has 2 amide bonds. The number of rotatable bonds is 6. The maximum atomic E-state index is 13.7. The van der Waals surface area contributed by atoms with Gasteiger partial charge in [0.2, 0.25) is 5.91 Å². The van der Waals surface area contributed by atoms with Crippen LogP contribution >= 0.6 is 15.9 Å². The van der Waals surface area contributed by atoms with E-state index in [1.165, 1.54) is 68.6 Å². The number of hydrogen-bond donors (Lipinski definition) is 0. The van der Waals surface area contributed by atoms with Crippen molar-refractivity contribution in [1.29, 1.82) is 0 Å². The van der Waals surface area contributed by atoms with E-state index in [0.717, 1.165) is 4.90 Å². The van der Waals surface area contributed by atoms with E-state index in [4.69, 9.17) is 0 Å². The number of imide groups is 1. The van der Waals surface area contributed by atoms with E-state index in [0.29, 0.717) is 8.18 Å². The Hall–Kier alpha value is -2.86. The fourth-order valence-corrected chi connectivity index (χ4v) is 8.29. The zero-order valence-electron chi connectivity index (χ0n) is 18.8. The van der Waals surface area contributed by atoms with E-state index < -0.39 is 43.8 Å². The number of carbonyl (C=O) groups is 2. The van der Waals surface area contributed by atoms with E-state index >= 15 is 0 Å². The number of carbonyl (C=O) groups excluding carboxylic acids is 2. The topological polar surface area (TPSA) is 109 Å². The quantitative estimate of drug-likeness (QED) is 0.416. The van der Waals surface area contributed by atoms with Crippen LogP contribution in [0, 0.1) is 0 Å². The van der Waals surface area contributed by atoms with E-state index in [-0.39, 0.29) is 20.9 Å². The maximum absolute atomic E-state index is 13.7. The van der Waals surface area contributed by atoms with Crippen molar-refractivity contribution in [3.63, 3.8) is 0 Å². The minimum Gasteiger partial charge on any atom is -0.281 e. The highest BCUT2D eigenvalue weighted by Gasteiger charge is 2.51. The minimum absolute atomic E-state index is 0.187. The fourth-order valence-electron chi connectivity index (χ4n) is 4.05. The van der Waals surface area contributed by atoms with Gasteiger partial charge in [0.25, 0.3) is 26.0 Å². The Morgan fingerprint density at radius 2 is 1.31 bits per heavy atom. The molecule has 1 aliphatic heterocycles. The molecule has 0 aromatic heterocycles. The van der Waals surface area contributed by atoms with Gasteiger partial charge in [-0.2, -0.15) is 0 Å². The first kappa shape index (κ1) is 25.2. The van der Waals surface area contributed by atoms with Crippen LogP contribution in [0.15, 0.2) is 93.1 Å². The predicted molar refractivity (Wildman–Crippen MR) is 133 cm³/mol. The molecule has 11 heteroatoms. The van der Waals surface area contributed by atoms with Gasteiger partial charge in [0.1, 0.15) is 0 Å². The van der Waals surface area contributed by atoms with Gasteiger partial charge in [-0.15, -0.1) is 0 Å². The van der Waals surface area contributed by atoms with Gasteiger partial charge in [0.05, 0.1) is 15.2 Å². The van der Waals surface area contributed by atoms with Crippen molar-refractivity contribution in [2.24, 2.45) is 0 Å². The lowest BCUT2D eigenvalue weighted by Gasteiger charge is -2.40. The molecule has 0 aliphatic carbocycles.